The molecule has 0 bridgehead atoms. The van der Waals surface area contributed by atoms with Gasteiger partial charge in [0.05, 0.1) is 18.8 Å². The molecule has 1 aliphatic rings. The molecule has 1 aromatic rings. The third-order valence-electron chi connectivity index (χ3n) is 2.93. The quantitative estimate of drug-likeness (QED) is 0.817. The zero-order valence-electron chi connectivity index (χ0n) is 10.2. The predicted octanol–water partition coefficient (Wildman–Crippen LogP) is 1.32. The Labute approximate surface area is 106 Å². The number of benzene rings is 1. The van der Waals surface area contributed by atoms with E-state index in [0.717, 1.165) is 5.56 Å². The maximum atomic E-state index is 12.2. The van der Waals surface area contributed by atoms with Crippen molar-refractivity contribution in [2.45, 2.75) is 26.1 Å². The molecule has 4 nitrogen and oxygen atoms in total. The van der Waals surface area contributed by atoms with Crippen LogP contribution in [0.4, 0.5) is 5.69 Å². The lowest BCUT2D eigenvalue weighted by Gasteiger charge is -2.33. The summed E-state index contributed by atoms with van der Waals surface area (Å²) in [5.74, 6) is 2.98. The molecule has 1 aromatic carbocycles. The van der Waals surface area contributed by atoms with Gasteiger partial charge in [0, 0.05) is 0 Å². The van der Waals surface area contributed by atoms with Gasteiger partial charge in [-0.05, 0) is 24.1 Å². The maximum Gasteiger partial charge on any atom is 0.269 e. The number of carbonyl (C=O) groups is 1. The highest BCUT2D eigenvalue weighted by Gasteiger charge is 2.32. The van der Waals surface area contributed by atoms with Crippen molar-refractivity contribution in [3.8, 4) is 18.1 Å². The van der Waals surface area contributed by atoms with Crippen LogP contribution in [0.5, 0.6) is 5.75 Å². The summed E-state index contributed by atoms with van der Waals surface area (Å²) in [7, 11) is 0. The maximum absolute atomic E-state index is 12.2. The van der Waals surface area contributed by atoms with Crippen LogP contribution in [-0.2, 0) is 11.4 Å². The molecule has 0 spiro atoms. The Morgan fingerprint density at radius 3 is 2.94 bits per heavy atom. The molecule has 18 heavy (non-hydrogen) atoms. The number of aliphatic hydroxyl groups excluding tert-OH is 1. The largest absolute Gasteiger partial charge is 0.478 e. The predicted molar refractivity (Wildman–Crippen MR) is 68.3 cm³/mol. The van der Waals surface area contributed by atoms with Gasteiger partial charge in [-0.25, -0.2) is 0 Å². The summed E-state index contributed by atoms with van der Waals surface area (Å²) in [6.07, 6.45) is 5.42. The fourth-order valence-corrected chi connectivity index (χ4v) is 1.98. The number of carbonyl (C=O) groups excluding carboxylic acids is 1. The Morgan fingerprint density at radius 2 is 2.33 bits per heavy atom. The molecular formula is C14H15NO3. The third-order valence-corrected chi connectivity index (χ3v) is 2.93. The number of hydrogen-bond acceptors (Lipinski definition) is 3. The number of aliphatic hydroxyl groups is 1. The van der Waals surface area contributed by atoms with Gasteiger partial charge in [-0.1, -0.05) is 18.9 Å². The van der Waals surface area contributed by atoms with Crippen molar-refractivity contribution in [2.75, 3.05) is 11.4 Å². The van der Waals surface area contributed by atoms with Gasteiger partial charge in [0.15, 0.2) is 6.10 Å². The molecule has 4 heteroatoms. The van der Waals surface area contributed by atoms with Crippen molar-refractivity contribution in [1.29, 1.82) is 0 Å². The topological polar surface area (TPSA) is 49.8 Å². The van der Waals surface area contributed by atoms with Gasteiger partial charge in [-0.3, -0.25) is 9.69 Å². The summed E-state index contributed by atoms with van der Waals surface area (Å²) in [5.41, 5.74) is 1.36. The van der Waals surface area contributed by atoms with Crippen molar-refractivity contribution < 1.29 is 14.6 Å². The fraction of sp³-hybridized carbons (Fsp3) is 0.357. The first kappa shape index (κ1) is 12.5. The Morgan fingerprint density at radius 1 is 1.56 bits per heavy atom. The zero-order chi connectivity index (χ0) is 13.1. The molecule has 1 heterocycles. The van der Waals surface area contributed by atoms with Crippen LogP contribution in [-0.4, -0.2) is 23.7 Å². The highest BCUT2D eigenvalue weighted by molar-refractivity contribution is 6.00. The Hall–Kier alpha value is -1.99. The lowest BCUT2D eigenvalue weighted by atomic mass is 10.1. The van der Waals surface area contributed by atoms with Crippen molar-refractivity contribution in [3.63, 3.8) is 0 Å². The first-order valence-electron chi connectivity index (χ1n) is 5.86. The number of rotatable bonds is 3. The van der Waals surface area contributed by atoms with Gasteiger partial charge < -0.3 is 9.84 Å². The standard InChI is InChI=1S/C14H15NO3/c1-3-7-15-11-8-10(9-16)5-6-13(11)18-12(4-2)14(15)17/h1,5-6,8,12,16H,4,7,9H2,2H3. The lowest BCUT2D eigenvalue weighted by molar-refractivity contribution is -0.126. The summed E-state index contributed by atoms with van der Waals surface area (Å²) in [5, 5.41) is 9.13. The van der Waals surface area contributed by atoms with Crippen molar-refractivity contribution in [1.82, 2.24) is 0 Å². The van der Waals surface area contributed by atoms with Crippen LogP contribution in [0.15, 0.2) is 18.2 Å². The minimum Gasteiger partial charge on any atom is -0.478 e. The van der Waals surface area contributed by atoms with Gasteiger partial charge >= 0.3 is 0 Å². The smallest absolute Gasteiger partial charge is 0.269 e. The molecule has 0 fully saturated rings. The van der Waals surface area contributed by atoms with Crippen molar-refractivity contribution >= 4 is 11.6 Å². The number of amides is 1. The van der Waals surface area contributed by atoms with Gasteiger partial charge in [0.2, 0.25) is 0 Å². The number of ether oxygens (including phenoxy) is 1. The first-order chi connectivity index (χ1) is 8.71. The Bertz CT molecular complexity index is 504. The zero-order valence-corrected chi connectivity index (χ0v) is 10.2. The Balaban J connectivity index is 2.46. The molecule has 0 saturated carbocycles. The second-order valence-corrected chi connectivity index (χ2v) is 4.10. The van der Waals surface area contributed by atoms with Crippen molar-refractivity contribution in [3.05, 3.63) is 23.8 Å². The number of anilines is 1. The van der Waals surface area contributed by atoms with Crippen LogP contribution < -0.4 is 9.64 Å². The molecule has 1 unspecified atom stereocenters. The van der Waals surface area contributed by atoms with E-state index in [1.807, 2.05) is 6.92 Å². The normalized spacial score (nSPS) is 17.9. The summed E-state index contributed by atoms with van der Waals surface area (Å²) >= 11 is 0. The van der Waals surface area contributed by atoms with Crippen LogP contribution in [0.2, 0.25) is 0 Å². The van der Waals surface area contributed by atoms with E-state index in [-0.39, 0.29) is 19.1 Å². The highest BCUT2D eigenvalue weighted by atomic mass is 16.5. The van der Waals surface area contributed by atoms with Crippen LogP contribution in [0, 0.1) is 12.3 Å². The van der Waals surface area contributed by atoms with E-state index in [0.29, 0.717) is 17.9 Å². The third kappa shape index (κ3) is 2.05. The highest BCUT2D eigenvalue weighted by Crippen LogP contribution is 2.35. The van der Waals surface area contributed by atoms with E-state index in [4.69, 9.17) is 16.3 Å². The van der Waals surface area contributed by atoms with E-state index in [2.05, 4.69) is 5.92 Å². The van der Waals surface area contributed by atoms with E-state index in [1.165, 1.54) is 4.90 Å². The molecular weight excluding hydrogens is 230 g/mol. The molecule has 0 radical (unpaired) electrons. The summed E-state index contributed by atoms with van der Waals surface area (Å²) in [6.45, 7) is 2.02. The van der Waals surface area contributed by atoms with Crippen LogP contribution in [0.3, 0.4) is 0 Å². The molecule has 1 aliphatic heterocycles. The Kier molecular flexibility index (Phi) is 3.54. The minimum atomic E-state index is -0.481. The molecule has 1 amide bonds. The molecule has 2 rings (SSSR count). The van der Waals surface area contributed by atoms with E-state index in [1.54, 1.807) is 18.2 Å². The van der Waals surface area contributed by atoms with Gasteiger partial charge in [0.1, 0.15) is 5.75 Å². The van der Waals surface area contributed by atoms with Crippen LogP contribution in [0.25, 0.3) is 0 Å². The summed E-state index contributed by atoms with van der Waals surface area (Å²) in [4.78, 5) is 13.7. The van der Waals surface area contributed by atoms with Crippen LogP contribution in [0.1, 0.15) is 18.9 Å². The fourth-order valence-electron chi connectivity index (χ4n) is 1.98. The number of hydrogen-bond donors (Lipinski definition) is 1. The van der Waals surface area contributed by atoms with E-state index in [9.17, 15) is 4.79 Å². The monoisotopic (exact) mass is 245 g/mol. The average Bonchev–Trinajstić information content (AvgIpc) is 2.41. The second-order valence-electron chi connectivity index (χ2n) is 4.10. The first-order valence-corrected chi connectivity index (χ1v) is 5.86. The number of fused-ring (bicyclic) bond motifs is 1. The molecule has 0 aliphatic carbocycles. The lowest BCUT2D eigenvalue weighted by Crippen LogP contribution is -2.45. The van der Waals surface area contributed by atoms with E-state index >= 15 is 0 Å². The van der Waals surface area contributed by atoms with Gasteiger partial charge in [-0.15, -0.1) is 6.42 Å². The number of nitrogens with zero attached hydrogens (tertiary/aromatic N) is 1. The molecule has 94 valence electrons. The summed E-state index contributed by atoms with van der Waals surface area (Å²) in [6, 6.07) is 5.27. The average molecular weight is 245 g/mol. The summed E-state index contributed by atoms with van der Waals surface area (Å²) < 4.78 is 5.63. The van der Waals surface area contributed by atoms with Gasteiger partial charge in [0.25, 0.3) is 5.91 Å². The van der Waals surface area contributed by atoms with Crippen molar-refractivity contribution in [2.24, 2.45) is 0 Å². The van der Waals surface area contributed by atoms with E-state index < -0.39 is 6.10 Å². The van der Waals surface area contributed by atoms with Crippen LogP contribution >= 0.6 is 0 Å². The second kappa shape index (κ2) is 5.11. The molecule has 1 N–H and O–H groups in total. The molecule has 1 atom stereocenters. The SMILES string of the molecule is C#CCN1C(=O)C(CC)Oc2ccc(CO)cc21. The molecule has 0 aromatic heterocycles. The number of terminal acetylenes is 1. The van der Waals surface area contributed by atoms with Gasteiger partial charge in [-0.2, -0.15) is 0 Å². The molecule has 0 saturated heterocycles. The minimum absolute atomic E-state index is 0.0808.